The third-order valence-electron chi connectivity index (χ3n) is 3.19. The molecule has 5 nitrogen and oxygen atoms in total. The molecule has 1 heterocycles. The van der Waals surface area contributed by atoms with Crippen LogP contribution in [0.5, 0.6) is 0 Å². The van der Waals surface area contributed by atoms with Crippen LogP contribution in [0.2, 0.25) is 0 Å². The van der Waals surface area contributed by atoms with Crippen LogP contribution in [-0.4, -0.2) is 10.9 Å². The highest BCUT2D eigenvalue weighted by molar-refractivity contribution is 6.00. The minimum absolute atomic E-state index is 0.362. The number of hydrogen-bond acceptors (Lipinski definition) is 4. The second-order valence-electron chi connectivity index (χ2n) is 4.71. The zero-order chi connectivity index (χ0) is 14.8. The van der Waals surface area contributed by atoms with Gasteiger partial charge in [-0.2, -0.15) is 0 Å². The van der Waals surface area contributed by atoms with Crippen molar-refractivity contribution in [2.24, 2.45) is 5.73 Å². The predicted octanol–water partition coefficient (Wildman–Crippen LogP) is 2.66. The van der Waals surface area contributed by atoms with Gasteiger partial charge in [-0.3, -0.25) is 9.78 Å². The van der Waals surface area contributed by atoms with Gasteiger partial charge in [-0.15, -0.1) is 0 Å². The second-order valence-corrected chi connectivity index (χ2v) is 4.71. The molecular formula is C16H14N4O. The van der Waals surface area contributed by atoms with Crippen molar-refractivity contribution in [1.29, 1.82) is 0 Å². The number of rotatable bonds is 3. The number of carbonyl (C=O) groups is 1. The molecule has 0 fully saturated rings. The second kappa shape index (κ2) is 5.13. The lowest BCUT2D eigenvalue weighted by atomic mass is 10.1. The van der Waals surface area contributed by atoms with E-state index in [0.29, 0.717) is 16.9 Å². The first-order chi connectivity index (χ1) is 10.1. The summed E-state index contributed by atoms with van der Waals surface area (Å²) < 4.78 is 0. The third-order valence-corrected chi connectivity index (χ3v) is 3.19. The standard InChI is InChI=1S/C16H14N4O/c17-11-3-5-15(13(9-11)16(18)21)20-12-4-6-14-10(8-12)2-1-7-19-14/h1-9,20H,17H2,(H2,18,21). The maximum absolute atomic E-state index is 11.5. The Hall–Kier alpha value is -3.08. The highest BCUT2D eigenvalue weighted by Crippen LogP contribution is 2.25. The number of fused-ring (bicyclic) bond motifs is 1. The Bertz CT molecular complexity index is 829. The third kappa shape index (κ3) is 2.62. The van der Waals surface area contributed by atoms with Crippen molar-refractivity contribution >= 4 is 33.9 Å². The molecule has 104 valence electrons. The van der Waals surface area contributed by atoms with Gasteiger partial charge < -0.3 is 16.8 Å². The molecule has 0 bridgehead atoms. The van der Waals surface area contributed by atoms with Crippen molar-refractivity contribution < 1.29 is 4.79 Å². The smallest absolute Gasteiger partial charge is 0.250 e. The number of nitrogens with one attached hydrogen (secondary N) is 1. The number of hydrogen-bond donors (Lipinski definition) is 3. The summed E-state index contributed by atoms with van der Waals surface area (Å²) in [5.74, 6) is -0.521. The van der Waals surface area contributed by atoms with Gasteiger partial charge in [0.2, 0.25) is 0 Å². The van der Waals surface area contributed by atoms with E-state index >= 15 is 0 Å². The largest absolute Gasteiger partial charge is 0.399 e. The number of pyridine rings is 1. The number of primary amides is 1. The van der Waals surface area contributed by atoms with Crippen LogP contribution in [0.15, 0.2) is 54.7 Å². The number of nitrogen functional groups attached to an aromatic ring is 1. The zero-order valence-corrected chi connectivity index (χ0v) is 11.2. The minimum atomic E-state index is -0.521. The van der Waals surface area contributed by atoms with Crippen LogP contribution in [0.25, 0.3) is 10.9 Å². The van der Waals surface area contributed by atoms with Crippen molar-refractivity contribution in [3.8, 4) is 0 Å². The number of aromatic nitrogens is 1. The Morgan fingerprint density at radius 1 is 1.10 bits per heavy atom. The summed E-state index contributed by atoms with van der Waals surface area (Å²) in [5.41, 5.74) is 14.3. The van der Waals surface area contributed by atoms with Gasteiger partial charge in [-0.25, -0.2) is 0 Å². The monoisotopic (exact) mass is 278 g/mol. The van der Waals surface area contributed by atoms with Crippen LogP contribution >= 0.6 is 0 Å². The Labute approximate surface area is 121 Å². The van der Waals surface area contributed by atoms with E-state index in [4.69, 9.17) is 11.5 Å². The molecular weight excluding hydrogens is 264 g/mol. The maximum Gasteiger partial charge on any atom is 0.250 e. The van der Waals surface area contributed by atoms with E-state index in [1.165, 1.54) is 0 Å². The Morgan fingerprint density at radius 3 is 2.76 bits per heavy atom. The summed E-state index contributed by atoms with van der Waals surface area (Å²) in [4.78, 5) is 15.8. The molecule has 2 aromatic carbocycles. The number of anilines is 3. The molecule has 5 N–H and O–H groups in total. The molecule has 0 atom stereocenters. The van der Waals surface area contributed by atoms with Crippen LogP contribution in [0, 0.1) is 0 Å². The molecule has 0 saturated heterocycles. The molecule has 0 saturated carbocycles. The van der Waals surface area contributed by atoms with Gasteiger partial charge >= 0.3 is 0 Å². The first-order valence-corrected chi connectivity index (χ1v) is 6.44. The number of amides is 1. The lowest BCUT2D eigenvalue weighted by Gasteiger charge is -2.11. The fourth-order valence-corrected chi connectivity index (χ4v) is 2.18. The number of carbonyl (C=O) groups excluding carboxylic acids is 1. The first kappa shape index (κ1) is 12.9. The zero-order valence-electron chi connectivity index (χ0n) is 11.2. The molecule has 21 heavy (non-hydrogen) atoms. The molecule has 0 unspecified atom stereocenters. The van der Waals surface area contributed by atoms with Crippen molar-refractivity contribution in [1.82, 2.24) is 4.98 Å². The molecule has 5 heteroatoms. The molecule has 0 radical (unpaired) electrons. The quantitative estimate of drug-likeness (QED) is 0.642. The molecule has 3 aromatic rings. The van der Waals surface area contributed by atoms with Crippen LogP contribution < -0.4 is 16.8 Å². The van der Waals surface area contributed by atoms with Gasteiger partial charge in [0.05, 0.1) is 16.8 Å². The van der Waals surface area contributed by atoms with Gasteiger partial charge in [0.1, 0.15) is 0 Å². The van der Waals surface area contributed by atoms with Crippen molar-refractivity contribution in [3.63, 3.8) is 0 Å². The Balaban J connectivity index is 2.00. The Morgan fingerprint density at radius 2 is 1.95 bits per heavy atom. The summed E-state index contributed by atoms with van der Waals surface area (Å²) in [5, 5.41) is 4.20. The molecule has 1 amide bonds. The number of benzene rings is 2. The summed E-state index contributed by atoms with van der Waals surface area (Å²) in [6.45, 7) is 0. The fourth-order valence-electron chi connectivity index (χ4n) is 2.18. The summed E-state index contributed by atoms with van der Waals surface area (Å²) in [6.07, 6.45) is 1.75. The van der Waals surface area contributed by atoms with Gasteiger partial charge in [-0.05, 0) is 42.5 Å². The van der Waals surface area contributed by atoms with Gasteiger partial charge in [0.15, 0.2) is 0 Å². The number of nitrogens with two attached hydrogens (primary N) is 2. The van der Waals surface area contributed by atoms with Crippen LogP contribution in [0.4, 0.5) is 17.1 Å². The fraction of sp³-hybridized carbons (Fsp3) is 0. The molecule has 0 aliphatic heterocycles. The van der Waals surface area contributed by atoms with Crippen molar-refractivity contribution in [2.45, 2.75) is 0 Å². The average molecular weight is 278 g/mol. The molecule has 0 spiro atoms. The highest BCUT2D eigenvalue weighted by Gasteiger charge is 2.09. The van der Waals surface area contributed by atoms with Crippen molar-refractivity contribution in [2.75, 3.05) is 11.1 Å². The van der Waals surface area contributed by atoms with E-state index < -0.39 is 5.91 Å². The molecule has 0 aliphatic carbocycles. The summed E-state index contributed by atoms with van der Waals surface area (Å²) in [6, 6.07) is 14.7. The van der Waals surface area contributed by atoms with Crippen LogP contribution in [-0.2, 0) is 0 Å². The molecule has 0 aliphatic rings. The van der Waals surface area contributed by atoms with Gasteiger partial charge in [-0.1, -0.05) is 6.07 Å². The molecule has 1 aromatic heterocycles. The topological polar surface area (TPSA) is 94.0 Å². The van der Waals surface area contributed by atoms with Gasteiger partial charge in [0.25, 0.3) is 5.91 Å². The summed E-state index contributed by atoms with van der Waals surface area (Å²) in [7, 11) is 0. The lowest BCUT2D eigenvalue weighted by Crippen LogP contribution is -2.13. The SMILES string of the molecule is NC(=O)c1cc(N)ccc1Nc1ccc2ncccc2c1. The van der Waals surface area contributed by atoms with E-state index in [1.54, 1.807) is 24.4 Å². The first-order valence-electron chi connectivity index (χ1n) is 6.44. The van der Waals surface area contributed by atoms with E-state index in [9.17, 15) is 4.79 Å². The van der Waals surface area contributed by atoms with E-state index in [2.05, 4.69) is 10.3 Å². The van der Waals surface area contributed by atoms with Crippen LogP contribution in [0.3, 0.4) is 0 Å². The molecule has 3 rings (SSSR count). The van der Waals surface area contributed by atoms with Gasteiger partial charge in [0, 0.05) is 23.0 Å². The normalized spacial score (nSPS) is 10.5. The maximum atomic E-state index is 11.5. The number of nitrogens with zero attached hydrogens (tertiary/aromatic N) is 1. The van der Waals surface area contributed by atoms with E-state index in [0.717, 1.165) is 16.6 Å². The summed E-state index contributed by atoms with van der Waals surface area (Å²) >= 11 is 0. The minimum Gasteiger partial charge on any atom is -0.399 e. The van der Waals surface area contributed by atoms with Crippen molar-refractivity contribution in [3.05, 3.63) is 60.3 Å². The lowest BCUT2D eigenvalue weighted by molar-refractivity contribution is 0.100. The van der Waals surface area contributed by atoms with E-state index in [1.807, 2.05) is 30.3 Å². The van der Waals surface area contributed by atoms with E-state index in [-0.39, 0.29) is 0 Å². The predicted molar refractivity (Wildman–Crippen MR) is 84.4 cm³/mol. The highest BCUT2D eigenvalue weighted by atomic mass is 16.1. The van der Waals surface area contributed by atoms with Crippen LogP contribution in [0.1, 0.15) is 10.4 Å². The average Bonchev–Trinajstić information content (AvgIpc) is 2.49. The Kier molecular flexibility index (Phi) is 3.16.